The molecule has 0 aliphatic heterocycles. The van der Waals surface area contributed by atoms with Gasteiger partial charge in [-0.05, 0) is 31.1 Å². The fraction of sp³-hybridized carbons (Fsp3) is 0.647. The van der Waals surface area contributed by atoms with Gasteiger partial charge in [0.1, 0.15) is 0 Å². The van der Waals surface area contributed by atoms with Crippen LogP contribution in [0, 0.1) is 0 Å². The first-order chi connectivity index (χ1) is 17.4. The highest BCUT2D eigenvalue weighted by Gasteiger charge is 2.12. The fourth-order valence-corrected chi connectivity index (χ4v) is 7.57. The molecule has 196 valence electrons. The lowest BCUT2D eigenvalue weighted by atomic mass is 10.0. The zero-order valence-corrected chi connectivity index (χ0v) is 24.0. The number of rotatable bonds is 23. The van der Waals surface area contributed by atoms with E-state index < -0.39 is 0 Å². The van der Waals surface area contributed by atoms with E-state index in [9.17, 15) is 0 Å². The third kappa shape index (κ3) is 15.6. The van der Waals surface area contributed by atoms with Crippen LogP contribution in [0.15, 0.2) is 60.7 Å². The Kier molecular flexibility index (Phi) is 19.0. The monoisotopic (exact) mass is 494 g/mol. The molecule has 0 bridgehead atoms. The molecule has 2 aromatic rings. The van der Waals surface area contributed by atoms with E-state index in [1.807, 2.05) is 0 Å². The van der Waals surface area contributed by atoms with Crippen molar-refractivity contribution < 1.29 is 0 Å². The minimum Gasteiger partial charge on any atom is -0.0654 e. The number of unbranched alkanes of at least 4 members (excludes halogenated alkanes) is 19. The highest BCUT2D eigenvalue weighted by Crippen LogP contribution is 2.34. The van der Waals surface area contributed by atoms with Crippen LogP contribution < -0.4 is 10.6 Å². The number of benzene rings is 2. The minimum atomic E-state index is -0.197. The highest BCUT2D eigenvalue weighted by molar-refractivity contribution is 7.73. The Hall–Kier alpha value is -1.13. The minimum absolute atomic E-state index is 0.197. The van der Waals surface area contributed by atoms with E-state index in [-0.39, 0.29) is 7.92 Å². The van der Waals surface area contributed by atoms with Gasteiger partial charge in [0.15, 0.2) is 0 Å². The molecule has 0 aromatic heterocycles. The summed E-state index contributed by atoms with van der Waals surface area (Å²) in [6.07, 6.45) is 30.3. The molecule has 0 unspecified atom stereocenters. The van der Waals surface area contributed by atoms with Crippen LogP contribution in [-0.4, -0.2) is 6.16 Å². The molecule has 0 saturated carbocycles. The van der Waals surface area contributed by atoms with Gasteiger partial charge >= 0.3 is 0 Å². The van der Waals surface area contributed by atoms with Crippen molar-refractivity contribution in [2.45, 2.75) is 135 Å². The second kappa shape index (κ2) is 22.1. The van der Waals surface area contributed by atoms with Crippen molar-refractivity contribution in [3.8, 4) is 0 Å². The van der Waals surface area contributed by atoms with Crippen molar-refractivity contribution in [1.82, 2.24) is 0 Å². The average Bonchev–Trinajstić information content (AvgIpc) is 2.90. The summed E-state index contributed by atoms with van der Waals surface area (Å²) in [7, 11) is -0.197. The van der Waals surface area contributed by atoms with E-state index in [0.29, 0.717) is 0 Å². The molecule has 0 radical (unpaired) electrons. The lowest BCUT2D eigenvalue weighted by molar-refractivity contribution is 0.523. The zero-order valence-electron chi connectivity index (χ0n) is 23.1. The van der Waals surface area contributed by atoms with Crippen molar-refractivity contribution in [2.24, 2.45) is 0 Å². The van der Waals surface area contributed by atoms with Gasteiger partial charge in [0.25, 0.3) is 0 Å². The molecule has 35 heavy (non-hydrogen) atoms. The molecule has 0 atom stereocenters. The Morgan fingerprint density at radius 2 is 0.657 bits per heavy atom. The van der Waals surface area contributed by atoms with Crippen molar-refractivity contribution in [3.05, 3.63) is 60.7 Å². The third-order valence-corrected chi connectivity index (χ3v) is 9.98. The lowest BCUT2D eigenvalue weighted by Gasteiger charge is -2.18. The normalized spacial score (nSPS) is 11.4. The molecular formula is C34H55P. The average molecular weight is 495 g/mol. The second-order valence-corrected chi connectivity index (χ2v) is 12.9. The summed E-state index contributed by atoms with van der Waals surface area (Å²) in [5.41, 5.74) is 0. The molecule has 1 heteroatoms. The van der Waals surface area contributed by atoms with Crippen LogP contribution in [0.4, 0.5) is 0 Å². The van der Waals surface area contributed by atoms with Crippen LogP contribution in [0.25, 0.3) is 0 Å². The summed E-state index contributed by atoms with van der Waals surface area (Å²) >= 11 is 0. The highest BCUT2D eigenvalue weighted by atomic mass is 31.1. The van der Waals surface area contributed by atoms with Gasteiger partial charge in [-0.15, -0.1) is 0 Å². The van der Waals surface area contributed by atoms with Gasteiger partial charge in [0.2, 0.25) is 0 Å². The molecule has 0 amide bonds. The van der Waals surface area contributed by atoms with Crippen LogP contribution in [0.2, 0.25) is 0 Å². The van der Waals surface area contributed by atoms with E-state index in [1.165, 1.54) is 145 Å². The summed E-state index contributed by atoms with van der Waals surface area (Å²) < 4.78 is 0. The maximum atomic E-state index is 2.33. The molecule has 0 N–H and O–H groups in total. The fourth-order valence-electron chi connectivity index (χ4n) is 5.15. The maximum absolute atomic E-state index is 2.33. The van der Waals surface area contributed by atoms with Crippen LogP contribution in [0.3, 0.4) is 0 Å². The van der Waals surface area contributed by atoms with E-state index in [2.05, 4.69) is 67.6 Å². The topological polar surface area (TPSA) is 0 Å². The standard InChI is InChI=1S/C34H55P/c1-2-3-4-5-6-7-8-9-10-11-12-13-14-15-16-17-18-19-20-27-32-35(33-28-23-21-24-29-33)34-30-25-22-26-31-34/h21-26,28-31H,2-20,27,32H2,1H3. The first-order valence-electron chi connectivity index (χ1n) is 15.3. The summed E-state index contributed by atoms with van der Waals surface area (Å²) in [6, 6.07) is 22.4. The van der Waals surface area contributed by atoms with E-state index >= 15 is 0 Å². The Morgan fingerprint density at radius 3 is 0.971 bits per heavy atom. The molecule has 0 aliphatic carbocycles. The molecule has 2 aromatic carbocycles. The van der Waals surface area contributed by atoms with Gasteiger partial charge in [-0.25, -0.2) is 0 Å². The predicted octanol–water partition coefficient (Wildman–Crippen LogP) is 10.9. The maximum Gasteiger partial charge on any atom is -0.0195 e. The largest absolute Gasteiger partial charge is 0.0654 e. The van der Waals surface area contributed by atoms with E-state index in [4.69, 9.17) is 0 Å². The molecular weight excluding hydrogens is 439 g/mol. The van der Waals surface area contributed by atoms with E-state index in [1.54, 1.807) is 0 Å². The molecule has 0 fully saturated rings. The quantitative estimate of drug-likeness (QED) is 0.106. The van der Waals surface area contributed by atoms with Crippen molar-refractivity contribution in [3.63, 3.8) is 0 Å². The van der Waals surface area contributed by atoms with E-state index in [0.717, 1.165) is 0 Å². The van der Waals surface area contributed by atoms with Crippen molar-refractivity contribution in [1.29, 1.82) is 0 Å². The van der Waals surface area contributed by atoms with Crippen LogP contribution in [-0.2, 0) is 0 Å². The molecule has 0 nitrogen and oxygen atoms in total. The van der Waals surface area contributed by atoms with Crippen LogP contribution >= 0.6 is 7.92 Å². The van der Waals surface area contributed by atoms with Gasteiger partial charge < -0.3 is 0 Å². The lowest BCUT2D eigenvalue weighted by Crippen LogP contribution is -2.13. The van der Waals surface area contributed by atoms with Gasteiger partial charge in [-0.1, -0.05) is 190 Å². The van der Waals surface area contributed by atoms with Crippen LogP contribution in [0.5, 0.6) is 0 Å². The molecule has 0 saturated heterocycles. The van der Waals surface area contributed by atoms with Gasteiger partial charge in [-0.3, -0.25) is 0 Å². The number of hydrogen-bond donors (Lipinski definition) is 0. The first kappa shape index (κ1) is 30.1. The summed E-state index contributed by atoms with van der Waals surface area (Å²) in [6.45, 7) is 2.30. The second-order valence-electron chi connectivity index (χ2n) is 10.5. The SMILES string of the molecule is CCCCCCCCCCCCCCCCCCCCCCP(c1ccccc1)c1ccccc1. The molecule has 0 spiro atoms. The zero-order chi connectivity index (χ0) is 24.7. The Balaban J connectivity index is 1.37. The van der Waals surface area contributed by atoms with Gasteiger partial charge in [0, 0.05) is 0 Å². The van der Waals surface area contributed by atoms with Gasteiger partial charge in [0.05, 0.1) is 0 Å². The van der Waals surface area contributed by atoms with Crippen molar-refractivity contribution in [2.75, 3.05) is 6.16 Å². The Labute approximate surface area is 220 Å². The number of hydrogen-bond acceptors (Lipinski definition) is 0. The van der Waals surface area contributed by atoms with Crippen LogP contribution in [0.1, 0.15) is 135 Å². The first-order valence-corrected chi connectivity index (χ1v) is 16.8. The third-order valence-electron chi connectivity index (χ3n) is 7.37. The summed E-state index contributed by atoms with van der Waals surface area (Å²) in [5.74, 6) is 0. The predicted molar refractivity (Wildman–Crippen MR) is 162 cm³/mol. The van der Waals surface area contributed by atoms with Gasteiger partial charge in [-0.2, -0.15) is 0 Å². The molecule has 0 aliphatic rings. The summed E-state index contributed by atoms with van der Waals surface area (Å²) in [4.78, 5) is 0. The smallest absolute Gasteiger partial charge is 0.0195 e. The molecule has 0 heterocycles. The Bertz CT molecular complexity index is 641. The molecule has 2 rings (SSSR count). The summed E-state index contributed by atoms with van der Waals surface area (Å²) in [5, 5.41) is 3.07. The Morgan fingerprint density at radius 1 is 0.371 bits per heavy atom. The van der Waals surface area contributed by atoms with Crippen molar-refractivity contribution >= 4 is 18.5 Å².